The number of carbonyl (C=O) groups is 1. The van der Waals surface area contributed by atoms with E-state index in [2.05, 4.69) is 30.4 Å². The molecule has 0 bridgehead atoms. The van der Waals surface area contributed by atoms with E-state index in [0.29, 0.717) is 19.9 Å². The average Bonchev–Trinajstić information content (AvgIpc) is 3.18. The van der Waals surface area contributed by atoms with Gasteiger partial charge in [0.1, 0.15) is 18.2 Å². The van der Waals surface area contributed by atoms with E-state index < -0.39 is 13.7 Å². The Bertz CT molecular complexity index is 622. The van der Waals surface area contributed by atoms with Crippen molar-refractivity contribution in [3.8, 4) is 0 Å². The van der Waals surface area contributed by atoms with Crippen LogP contribution in [-0.2, 0) is 16.2 Å². The number of nitrogens with zero attached hydrogens (tertiary/aromatic N) is 3. The fourth-order valence-electron chi connectivity index (χ4n) is 2.90. The van der Waals surface area contributed by atoms with Gasteiger partial charge in [-0.2, -0.15) is 0 Å². The van der Waals surface area contributed by atoms with E-state index in [1.165, 1.54) is 0 Å². The van der Waals surface area contributed by atoms with Gasteiger partial charge in [0.15, 0.2) is 0 Å². The minimum atomic E-state index is -1.34. The predicted molar refractivity (Wildman–Crippen MR) is 106 cm³/mol. The molecule has 0 aliphatic carbocycles. The number of hydrogen-bond donors (Lipinski definition) is 0. The number of aromatic nitrogens is 2. The van der Waals surface area contributed by atoms with Crippen molar-refractivity contribution in [2.75, 3.05) is 13.2 Å². The topological polar surface area (TPSA) is 56.6 Å². The largest absolute Gasteiger partial charge is 0.444 e. The normalized spacial score (nSPS) is 18.2. The summed E-state index contributed by atoms with van der Waals surface area (Å²) in [7, 11) is -1.34. The molecular weight excluding hydrogens is 346 g/mol. The molecule has 0 radical (unpaired) electrons. The highest BCUT2D eigenvalue weighted by atomic mass is 28.3. The minimum absolute atomic E-state index is 0.0533. The monoisotopic (exact) mass is 379 g/mol. The molecule has 146 valence electrons. The van der Waals surface area contributed by atoms with Crippen molar-refractivity contribution in [2.45, 2.75) is 71.1 Å². The predicted octanol–water partition coefficient (Wildman–Crippen LogP) is 4.36. The third-order valence-electron chi connectivity index (χ3n) is 4.60. The van der Waals surface area contributed by atoms with Crippen LogP contribution >= 0.6 is 0 Å². The zero-order chi connectivity index (χ0) is 19.4. The summed E-state index contributed by atoms with van der Waals surface area (Å²) in [5, 5.41) is 0. The SMILES string of the molecule is C=C[Si](C)(C)CCOCn1ccnc1C1CCCN1C(=O)OC(C)(C)C. The van der Waals surface area contributed by atoms with Crippen LogP contribution in [0.3, 0.4) is 0 Å². The fraction of sp³-hybridized carbons (Fsp3) is 0.684. The molecule has 1 fully saturated rings. The third kappa shape index (κ3) is 5.70. The molecule has 2 heterocycles. The van der Waals surface area contributed by atoms with Crippen molar-refractivity contribution in [3.63, 3.8) is 0 Å². The van der Waals surface area contributed by atoms with Crippen molar-refractivity contribution in [1.29, 1.82) is 0 Å². The maximum atomic E-state index is 12.5. The lowest BCUT2D eigenvalue weighted by Crippen LogP contribution is -2.37. The molecule has 0 aromatic carbocycles. The van der Waals surface area contributed by atoms with Gasteiger partial charge in [-0.05, 0) is 39.7 Å². The second-order valence-electron chi connectivity index (χ2n) is 8.57. The van der Waals surface area contributed by atoms with Crippen molar-refractivity contribution in [2.24, 2.45) is 0 Å². The Morgan fingerprint density at radius 2 is 2.19 bits per heavy atom. The molecule has 0 N–H and O–H groups in total. The second kappa shape index (κ2) is 8.39. The summed E-state index contributed by atoms with van der Waals surface area (Å²) in [6.07, 6.45) is 5.27. The highest BCUT2D eigenvalue weighted by Gasteiger charge is 2.35. The van der Waals surface area contributed by atoms with Crippen LogP contribution in [0.5, 0.6) is 0 Å². The van der Waals surface area contributed by atoms with Crippen LogP contribution in [0.1, 0.15) is 45.5 Å². The summed E-state index contributed by atoms with van der Waals surface area (Å²) in [5.41, 5.74) is 1.60. The molecule has 1 atom stereocenters. The number of hydrogen-bond acceptors (Lipinski definition) is 4. The maximum Gasteiger partial charge on any atom is 0.410 e. The summed E-state index contributed by atoms with van der Waals surface area (Å²) in [6.45, 7) is 16.0. The van der Waals surface area contributed by atoms with Gasteiger partial charge >= 0.3 is 6.09 Å². The number of imidazole rings is 1. The molecule has 7 heteroatoms. The fourth-order valence-corrected chi connectivity index (χ4v) is 3.78. The molecule has 1 aromatic rings. The number of rotatable bonds is 7. The standard InChI is InChI=1S/C19H33N3O3Si/c1-7-26(5,6)14-13-24-15-21-12-10-20-17(21)16-9-8-11-22(16)18(23)25-19(2,3)4/h7,10,12,16H,1,8-9,11,13-15H2,2-6H3. The number of carbonyl (C=O) groups excluding carboxylic acids is 1. The quantitative estimate of drug-likeness (QED) is 0.522. The molecule has 1 aliphatic heterocycles. The molecule has 2 rings (SSSR count). The lowest BCUT2D eigenvalue weighted by Gasteiger charge is -2.28. The molecule has 1 unspecified atom stereocenters. The summed E-state index contributed by atoms with van der Waals surface area (Å²) in [6, 6.07) is 0.996. The zero-order valence-corrected chi connectivity index (χ0v) is 17.8. The first kappa shape index (κ1) is 20.7. The first-order valence-electron chi connectivity index (χ1n) is 9.35. The lowest BCUT2D eigenvalue weighted by molar-refractivity contribution is 0.0204. The third-order valence-corrected chi connectivity index (χ3v) is 7.20. The van der Waals surface area contributed by atoms with Gasteiger partial charge in [-0.3, -0.25) is 4.90 Å². The van der Waals surface area contributed by atoms with Gasteiger partial charge in [0.25, 0.3) is 0 Å². The molecule has 26 heavy (non-hydrogen) atoms. The number of amides is 1. The van der Waals surface area contributed by atoms with Gasteiger partial charge in [-0.15, -0.1) is 12.3 Å². The Labute approximate surface area is 158 Å². The average molecular weight is 380 g/mol. The Hall–Kier alpha value is -1.60. The zero-order valence-electron chi connectivity index (χ0n) is 16.8. The molecule has 0 spiro atoms. The molecule has 0 saturated carbocycles. The van der Waals surface area contributed by atoms with Crippen molar-refractivity contribution >= 4 is 14.2 Å². The summed E-state index contributed by atoms with van der Waals surface area (Å²) in [4.78, 5) is 18.8. The Kier molecular flexibility index (Phi) is 6.68. The van der Waals surface area contributed by atoms with Crippen LogP contribution in [0.25, 0.3) is 0 Å². The van der Waals surface area contributed by atoms with Crippen LogP contribution in [0.15, 0.2) is 24.7 Å². The second-order valence-corrected chi connectivity index (χ2v) is 13.5. The van der Waals surface area contributed by atoms with Crippen LogP contribution in [0.2, 0.25) is 19.1 Å². The van der Waals surface area contributed by atoms with E-state index >= 15 is 0 Å². The lowest BCUT2D eigenvalue weighted by atomic mass is 10.2. The van der Waals surface area contributed by atoms with Gasteiger partial charge in [-0.25, -0.2) is 9.78 Å². The summed E-state index contributed by atoms with van der Waals surface area (Å²) < 4.78 is 13.4. The molecule has 1 saturated heterocycles. The van der Waals surface area contributed by atoms with Gasteiger partial charge in [0, 0.05) is 25.5 Å². The van der Waals surface area contributed by atoms with E-state index in [4.69, 9.17) is 9.47 Å². The summed E-state index contributed by atoms with van der Waals surface area (Å²) in [5.74, 6) is 0.869. The van der Waals surface area contributed by atoms with Gasteiger partial charge in [-0.1, -0.05) is 13.1 Å². The van der Waals surface area contributed by atoms with E-state index in [-0.39, 0.29) is 12.1 Å². The molecule has 1 amide bonds. The van der Waals surface area contributed by atoms with E-state index in [1.54, 1.807) is 11.1 Å². The summed E-state index contributed by atoms with van der Waals surface area (Å²) >= 11 is 0. The van der Waals surface area contributed by atoms with Crippen LogP contribution in [0, 0.1) is 0 Å². The molecular formula is C19H33N3O3Si. The first-order chi connectivity index (χ1) is 12.1. The minimum Gasteiger partial charge on any atom is -0.444 e. The van der Waals surface area contributed by atoms with Crippen LogP contribution in [0.4, 0.5) is 4.79 Å². The Balaban J connectivity index is 1.97. The highest BCUT2D eigenvalue weighted by Crippen LogP contribution is 2.32. The maximum absolute atomic E-state index is 12.5. The van der Waals surface area contributed by atoms with Gasteiger partial charge < -0.3 is 14.0 Å². The van der Waals surface area contributed by atoms with Gasteiger partial charge in [0.05, 0.1) is 14.1 Å². The van der Waals surface area contributed by atoms with E-state index in [1.807, 2.05) is 31.5 Å². The molecule has 1 aromatic heterocycles. The van der Waals surface area contributed by atoms with Crippen molar-refractivity contribution < 1.29 is 14.3 Å². The smallest absolute Gasteiger partial charge is 0.410 e. The number of ether oxygens (including phenoxy) is 2. The van der Waals surface area contributed by atoms with Crippen LogP contribution in [-0.4, -0.2) is 47.4 Å². The van der Waals surface area contributed by atoms with Crippen molar-refractivity contribution in [3.05, 3.63) is 30.5 Å². The Morgan fingerprint density at radius 1 is 1.46 bits per heavy atom. The molecule has 6 nitrogen and oxygen atoms in total. The number of likely N-dealkylation sites (tertiary alicyclic amines) is 1. The van der Waals surface area contributed by atoms with Crippen LogP contribution < -0.4 is 0 Å². The van der Waals surface area contributed by atoms with Crippen molar-refractivity contribution in [1.82, 2.24) is 14.5 Å². The first-order valence-corrected chi connectivity index (χ1v) is 12.6. The van der Waals surface area contributed by atoms with E-state index in [9.17, 15) is 4.79 Å². The Morgan fingerprint density at radius 3 is 2.85 bits per heavy atom. The highest BCUT2D eigenvalue weighted by molar-refractivity contribution is 6.82. The van der Waals surface area contributed by atoms with Gasteiger partial charge in [0.2, 0.25) is 0 Å². The molecule has 1 aliphatic rings. The van der Waals surface area contributed by atoms with E-state index in [0.717, 1.165) is 24.7 Å².